The number of hydrogen-bond acceptors (Lipinski definition) is 3. The summed E-state index contributed by atoms with van der Waals surface area (Å²) in [4.78, 5) is 0.0776. The number of hydrogen-bond donors (Lipinski definition) is 1. The van der Waals surface area contributed by atoms with E-state index in [4.69, 9.17) is 23.2 Å². The lowest BCUT2D eigenvalue weighted by molar-refractivity contribution is 0.480. The Morgan fingerprint density at radius 2 is 2.11 bits per heavy atom. The molecule has 3 nitrogen and oxygen atoms in total. The Balaban J connectivity index is 2.06. The van der Waals surface area contributed by atoms with Gasteiger partial charge < -0.3 is 0 Å². The summed E-state index contributed by atoms with van der Waals surface area (Å²) in [7, 11) is -3.55. The number of rotatable bonds is 6. The molecule has 1 aromatic heterocycles. The minimum atomic E-state index is -3.55. The van der Waals surface area contributed by atoms with Gasteiger partial charge in [0.25, 0.3) is 0 Å². The highest BCUT2D eigenvalue weighted by molar-refractivity contribution is 9.09. The Kier molecular flexibility index (Phi) is 4.67. The first-order chi connectivity index (χ1) is 8.38. The fraction of sp³-hybridized carbons (Fsp3) is 0.600. The molecular weight excluding hydrogens is 381 g/mol. The average molecular weight is 393 g/mol. The van der Waals surface area contributed by atoms with Crippen LogP contribution in [0.15, 0.2) is 11.0 Å². The lowest BCUT2D eigenvalue weighted by atomic mass is 10.1. The molecule has 0 radical (unpaired) electrons. The number of alkyl halides is 1. The van der Waals surface area contributed by atoms with Crippen molar-refractivity contribution in [3.05, 3.63) is 14.7 Å². The highest BCUT2D eigenvalue weighted by atomic mass is 79.9. The molecule has 1 N–H and O–H groups in total. The van der Waals surface area contributed by atoms with Crippen molar-refractivity contribution in [3.8, 4) is 0 Å². The molecule has 18 heavy (non-hydrogen) atoms. The summed E-state index contributed by atoms with van der Waals surface area (Å²) >= 11 is 16.1. The minimum Gasteiger partial charge on any atom is -0.211 e. The molecule has 0 spiro atoms. The topological polar surface area (TPSA) is 46.2 Å². The molecule has 1 aliphatic rings. The van der Waals surface area contributed by atoms with Crippen molar-refractivity contribution in [2.75, 3.05) is 11.9 Å². The number of sulfonamides is 1. The smallest absolute Gasteiger partial charge is 0.211 e. The van der Waals surface area contributed by atoms with Crippen LogP contribution in [0.25, 0.3) is 0 Å². The molecular formula is C10H12BrCl2NO2S2. The first-order valence-electron chi connectivity index (χ1n) is 5.39. The van der Waals surface area contributed by atoms with E-state index in [9.17, 15) is 8.42 Å². The SMILES string of the molecule is O=S(=O)(NCC1(CCBr)CC1)c1cc(Cl)sc1Cl. The maximum absolute atomic E-state index is 12.1. The van der Waals surface area contributed by atoms with Gasteiger partial charge in [-0.3, -0.25) is 0 Å². The quantitative estimate of drug-likeness (QED) is 0.746. The summed E-state index contributed by atoms with van der Waals surface area (Å²) in [6.07, 6.45) is 3.12. The first kappa shape index (κ1) is 15.1. The lowest BCUT2D eigenvalue weighted by Gasteiger charge is -2.14. The molecule has 1 saturated carbocycles. The van der Waals surface area contributed by atoms with Crippen molar-refractivity contribution in [2.24, 2.45) is 5.41 Å². The van der Waals surface area contributed by atoms with Gasteiger partial charge in [0, 0.05) is 11.9 Å². The maximum Gasteiger partial charge on any atom is 0.242 e. The average Bonchev–Trinajstić information content (AvgIpc) is 2.96. The van der Waals surface area contributed by atoms with Gasteiger partial charge in [0.1, 0.15) is 9.23 Å². The Morgan fingerprint density at radius 1 is 1.44 bits per heavy atom. The van der Waals surface area contributed by atoms with E-state index in [-0.39, 0.29) is 14.6 Å². The summed E-state index contributed by atoms with van der Waals surface area (Å²) in [5, 5.41) is 0.889. The van der Waals surface area contributed by atoms with E-state index in [0.29, 0.717) is 10.9 Å². The van der Waals surface area contributed by atoms with Crippen LogP contribution in [0.1, 0.15) is 19.3 Å². The van der Waals surface area contributed by atoms with Gasteiger partial charge in [-0.25, -0.2) is 13.1 Å². The van der Waals surface area contributed by atoms with Crippen LogP contribution in [-0.4, -0.2) is 20.3 Å². The van der Waals surface area contributed by atoms with Crippen molar-refractivity contribution in [2.45, 2.75) is 24.2 Å². The largest absolute Gasteiger partial charge is 0.242 e. The summed E-state index contributed by atoms with van der Waals surface area (Å²) in [6.45, 7) is 0.463. The minimum absolute atomic E-state index is 0.0776. The van der Waals surface area contributed by atoms with Crippen LogP contribution in [0.4, 0.5) is 0 Å². The predicted molar refractivity (Wildman–Crippen MR) is 79.6 cm³/mol. The molecule has 1 aliphatic carbocycles. The zero-order valence-electron chi connectivity index (χ0n) is 9.38. The zero-order chi connectivity index (χ0) is 13.4. The van der Waals surface area contributed by atoms with E-state index in [1.54, 1.807) is 0 Å². The molecule has 1 heterocycles. The van der Waals surface area contributed by atoms with E-state index in [2.05, 4.69) is 20.7 Å². The highest BCUT2D eigenvalue weighted by Crippen LogP contribution is 2.48. The van der Waals surface area contributed by atoms with Gasteiger partial charge in [-0.1, -0.05) is 39.1 Å². The van der Waals surface area contributed by atoms with Gasteiger partial charge in [-0.15, -0.1) is 11.3 Å². The molecule has 1 fully saturated rings. The van der Waals surface area contributed by atoms with Gasteiger partial charge in [0.15, 0.2) is 0 Å². The van der Waals surface area contributed by atoms with E-state index in [1.165, 1.54) is 6.07 Å². The summed E-state index contributed by atoms with van der Waals surface area (Å²) in [5.41, 5.74) is 0.128. The molecule has 0 bridgehead atoms. The Hall–Kier alpha value is 0.670. The molecule has 1 aromatic rings. The van der Waals surface area contributed by atoms with Crippen molar-refractivity contribution >= 4 is 60.5 Å². The fourth-order valence-corrected chi connectivity index (χ4v) is 5.87. The molecule has 8 heteroatoms. The van der Waals surface area contributed by atoms with E-state index in [0.717, 1.165) is 35.9 Å². The molecule has 0 aliphatic heterocycles. The van der Waals surface area contributed by atoms with Crippen molar-refractivity contribution in [1.29, 1.82) is 0 Å². The van der Waals surface area contributed by atoms with Gasteiger partial charge in [0.2, 0.25) is 10.0 Å². The molecule has 2 rings (SSSR count). The third-order valence-corrected chi connectivity index (χ3v) is 6.68. The van der Waals surface area contributed by atoms with E-state index >= 15 is 0 Å². The normalized spacial score (nSPS) is 17.9. The standard InChI is InChI=1S/C10H12BrCl2NO2S2/c11-4-3-10(1-2-10)6-14-18(15,16)7-5-8(12)17-9(7)13/h5,14H,1-4,6H2. The van der Waals surface area contributed by atoms with Gasteiger partial charge in [-0.2, -0.15) is 0 Å². The molecule has 0 aromatic carbocycles. The predicted octanol–water partition coefficient (Wildman–Crippen LogP) is 3.90. The Bertz CT molecular complexity index is 540. The Morgan fingerprint density at radius 3 is 2.56 bits per heavy atom. The van der Waals surface area contributed by atoms with E-state index < -0.39 is 10.0 Å². The van der Waals surface area contributed by atoms with Crippen LogP contribution in [-0.2, 0) is 10.0 Å². The first-order valence-corrected chi connectivity index (χ1v) is 9.57. The van der Waals surface area contributed by atoms with Gasteiger partial charge in [-0.05, 0) is 30.7 Å². The summed E-state index contributed by atoms with van der Waals surface area (Å²) in [6, 6.07) is 1.39. The molecule has 0 amide bonds. The third kappa shape index (κ3) is 3.41. The van der Waals surface area contributed by atoms with Crippen LogP contribution >= 0.6 is 50.5 Å². The number of nitrogens with one attached hydrogen (secondary N) is 1. The van der Waals surface area contributed by atoms with Crippen LogP contribution < -0.4 is 4.72 Å². The van der Waals surface area contributed by atoms with Crippen LogP contribution in [0.3, 0.4) is 0 Å². The second-order valence-electron chi connectivity index (χ2n) is 4.45. The fourth-order valence-electron chi connectivity index (χ4n) is 1.73. The van der Waals surface area contributed by atoms with Crippen LogP contribution in [0.2, 0.25) is 8.67 Å². The van der Waals surface area contributed by atoms with Crippen LogP contribution in [0, 0.1) is 5.41 Å². The lowest BCUT2D eigenvalue weighted by Crippen LogP contribution is -2.30. The molecule has 0 atom stereocenters. The van der Waals surface area contributed by atoms with Crippen molar-refractivity contribution in [1.82, 2.24) is 4.72 Å². The van der Waals surface area contributed by atoms with Gasteiger partial charge >= 0.3 is 0 Å². The second kappa shape index (κ2) is 5.58. The third-order valence-electron chi connectivity index (χ3n) is 3.13. The second-order valence-corrected chi connectivity index (χ2v) is 9.27. The molecule has 0 saturated heterocycles. The Labute approximate surface area is 129 Å². The van der Waals surface area contributed by atoms with Crippen LogP contribution in [0.5, 0.6) is 0 Å². The van der Waals surface area contributed by atoms with Gasteiger partial charge in [0.05, 0.1) is 4.34 Å². The zero-order valence-corrected chi connectivity index (χ0v) is 14.1. The van der Waals surface area contributed by atoms with Crippen molar-refractivity contribution in [3.63, 3.8) is 0 Å². The number of thiophene rings is 1. The highest BCUT2D eigenvalue weighted by Gasteiger charge is 2.42. The van der Waals surface area contributed by atoms with Crippen molar-refractivity contribution < 1.29 is 8.42 Å². The molecule has 102 valence electrons. The summed E-state index contributed by atoms with van der Waals surface area (Å²) in [5.74, 6) is 0. The molecule has 0 unspecified atom stereocenters. The maximum atomic E-state index is 12.1. The monoisotopic (exact) mass is 391 g/mol. The summed E-state index contributed by atoms with van der Waals surface area (Å²) < 4.78 is 27.4. The van der Waals surface area contributed by atoms with E-state index in [1.807, 2.05) is 0 Å². The number of halogens is 3.